The molecule has 0 aliphatic carbocycles. The molecule has 0 bridgehead atoms. The van der Waals surface area contributed by atoms with E-state index in [0.29, 0.717) is 58.0 Å². The van der Waals surface area contributed by atoms with Gasteiger partial charge in [0.2, 0.25) is 0 Å². The molecule has 36 heavy (non-hydrogen) atoms. The number of amides is 2. The Morgan fingerprint density at radius 2 is 1.72 bits per heavy atom. The average Bonchev–Trinajstić information content (AvgIpc) is 3.15. The normalized spacial score (nSPS) is 13.7. The van der Waals surface area contributed by atoms with Crippen molar-refractivity contribution in [2.45, 2.75) is 6.42 Å². The van der Waals surface area contributed by atoms with Crippen molar-refractivity contribution in [3.63, 3.8) is 0 Å². The minimum absolute atomic E-state index is 0.113. The smallest absolute Gasteiger partial charge is 0.259 e. The van der Waals surface area contributed by atoms with E-state index < -0.39 is 0 Å². The highest BCUT2D eigenvalue weighted by molar-refractivity contribution is 6.36. The van der Waals surface area contributed by atoms with Gasteiger partial charge in [0.1, 0.15) is 17.3 Å². The number of hydrogen-bond donors (Lipinski definition) is 1. The minimum atomic E-state index is -0.311. The topological polar surface area (TPSA) is 84.0 Å². The van der Waals surface area contributed by atoms with E-state index in [9.17, 15) is 9.59 Å². The second-order valence-electron chi connectivity index (χ2n) is 8.18. The van der Waals surface area contributed by atoms with Crippen molar-refractivity contribution in [3.05, 3.63) is 75.9 Å². The van der Waals surface area contributed by atoms with Gasteiger partial charge in [-0.3, -0.25) is 9.59 Å². The van der Waals surface area contributed by atoms with Crippen LogP contribution >= 0.6 is 23.2 Å². The van der Waals surface area contributed by atoms with Crippen LogP contribution in [-0.4, -0.2) is 62.1 Å². The van der Waals surface area contributed by atoms with E-state index in [-0.39, 0.29) is 11.8 Å². The van der Waals surface area contributed by atoms with E-state index in [0.717, 1.165) is 18.8 Å². The molecule has 2 heterocycles. The van der Waals surface area contributed by atoms with Crippen LogP contribution < -0.4 is 19.7 Å². The minimum Gasteiger partial charge on any atom is -0.497 e. The fraction of sp³-hybridized carbons (Fsp3) is 0.269. The van der Waals surface area contributed by atoms with E-state index in [1.807, 2.05) is 6.07 Å². The molecule has 1 saturated heterocycles. The maximum Gasteiger partial charge on any atom is 0.259 e. The van der Waals surface area contributed by atoms with Gasteiger partial charge in [-0.05, 0) is 48.9 Å². The fourth-order valence-corrected chi connectivity index (χ4v) is 4.50. The number of halogens is 2. The number of carbonyl (C=O) groups is 2. The number of nitrogens with zero attached hydrogens (tertiary/aromatic N) is 3. The van der Waals surface area contributed by atoms with Gasteiger partial charge in [0, 0.05) is 37.3 Å². The Morgan fingerprint density at radius 3 is 2.42 bits per heavy atom. The summed E-state index contributed by atoms with van der Waals surface area (Å²) in [6.45, 7) is 2.53. The number of pyridine rings is 1. The van der Waals surface area contributed by atoms with Gasteiger partial charge in [0.25, 0.3) is 11.8 Å². The summed E-state index contributed by atoms with van der Waals surface area (Å²) in [6.07, 6.45) is 2.40. The molecule has 4 rings (SSSR count). The molecule has 2 aromatic carbocycles. The van der Waals surface area contributed by atoms with Crippen LogP contribution in [0.2, 0.25) is 10.0 Å². The molecule has 1 fully saturated rings. The number of carbonyl (C=O) groups excluding carboxylic acids is 2. The van der Waals surface area contributed by atoms with Crippen molar-refractivity contribution < 1.29 is 19.1 Å². The highest BCUT2D eigenvalue weighted by Gasteiger charge is 2.23. The first kappa shape index (κ1) is 25.6. The lowest BCUT2D eigenvalue weighted by atomic mass is 10.1. The average molecular weight is 529 g/mol. The molecule has 8 nitrogen and oxygen atoms in total. The van der Waals surface area contributed by atoms with Crippen LogP contribution in [0.25, 0.3) is 0 Å². The lowest BCUT2D eigenvalue weighted by Crippen LogP contribution is -2.35. The van der Waals surface area contributed by atoms with Crippen molar-refractivity contribution in [1.29, 1.82) is 0 Å². The first-order valence-corrected chi connectivity index (χ1v) is 12.1. The van der Waals surface area contributed by atoms with Gasteiger partial charge in [0.05, 0.1) is 42.3 Å². The fourth-order valence-electron chi connectivity index (χ4n) is 4.01. The predicted molar refractivity (Wildman–Crippen MR) is 141 cm³/mol. The number of nitrogens with one attached hydrogen (secondary N) is 1. The second-order valence-corrected chi connectivity index (χ2v) is 9.03. The first-order chi connectivity index (χ1) is 17.4. The predicted octanol–water partition coefficient (Wildman–Crippen LogP) is 5.01. The number of anilines is 2. The molecule has 1 aliphatic rings. The van der Waals surface area contributed by atoms with Crippen LogP contribution in [0.5, 0.6) is 11.5 Å². The number of ether oxygens (including phenoxy) is 2. The van der Waals surface area contributed by atoms with Crippen LogP contribution in [0.4, 0.5) is 11.5 Å². The molecule has 1 N–H and O–H groups in total. The van der Waals surface area contributed by atoms with Crippen molar-refractivity contribution in [2.24, 2.45) is 0 Å². The Balaban J connectivity index is 1.39. The molecule has 2 amide bonds. The largest absolute Gasteiger partial charge is 0.497 e. The van der Waals surface area contributed by atoms with Gasteiger partial charge in [0.15, 0.2) is 0 Å². The lowest BCUT2D eigenvalue weighted by molar-refractivity contribution is 0.0767. The molecule has 0 spiro atoms. The molecule has 0 radical (unpaired) electrons. The molecular formula is C26H26Cl2N4O4. The molecule has 3 aromatic rings. The second kappa shape index (κ2) is 11.5. The summed E-state index contributed by atoms with van der Waals surface area (Å²) in [5.41, 5.74) is 1.40. The number of methoxy groups -OCH3 is 2. The highest BCUT2D eigenvalue weighted by atomic mass is 35.5. The monoisotopic (exact) mass is 528 g/mol. The van der Waals surface area contributed by atoms with Gasteiger partial charge in [-0.1, -0.05) is 23.2 Å². The molecule has 0 unspecified atom stereocenters. The van der Waals surface area contributed by atoms with Gasteiger partial charge in [-0.25, -0.2) is 4.98 Å². The van der Waals surface area contributed by atoms with Crippen molar-refractivity contribution in [2.75, 3.05) is 50.6 Å². The van der Waals surface area contributed by atoms with Crippen molar-refractivity contribution in [3.8, 4) is 11.5 Å². The molecule has 10 heteroatoms. The standard InChI is InChI=1S/C26H26Cl2N4O4/c1-35-19-6-8-21(23(15-19)36-2)25(33)30-18-5-9-24(29-16-18)31-10-3-11-32(13-12-31)26(34)20-7-4-17(27)14-22(20)28/h4-9,14-16H,3,10-13H2,1-2H3,(H,30,33). The summed E-state index contributed by atoms with van der Waals surface area (Å²) in [4.78, 5) is 34.2. The van der Waals surface area contributed by atoms with Crippen molar-refractivity contribution in [1.82, 2.24) is 9.88 Å². The number of hydrogen-bond acceptors (Lipinski definition) is 6. The number of aromatic nitrogens is 1. The molecule has 0 atom stereocenters. The van der Waals surface area contributed by atoms with E-state index >= 15 is 0 Å². The Kier molecular flexibility index (Phi) is 8.18. The number of rotatable bonds is 6. The van der Waals surface area contributed by atoms with E-state index in [2.05, 4.69) is 15.2 Å². The van der Waals surface area contributed by atoms with Crippen LogP contribution in [0.15, 0.2) is 54.7 Å². The third kappa shape index (κ3) is 5.83. The highest BCUT2D eigenvalue weighted by Crippen LogP contribution is 2.26. The lowest BCUT2D eigenvalue weighted by Gasteiger charge is -2.23. The van der Waals surface area contributed by atoms with Gasteiger partial charge < -0.3 is 24.6 Å². The van der Waals surface area contributed by atoms with Crippen LogP contribution in [0.3, 0.4) is 0 Å². The Hall–Kier alpha value is -3.49. The number of benzene rings is 2. The Morgan fingerprint density at radius 1 is 0.917 bits per heavy atom. The first-order valence-electron chi connectivity index (χ1n) is 11.4. The quantitative estimate of drug-likeness (QED) is 0.484. The van der Waals surface area contributed by atoms with E-state index in [4.69, 9.17) is 32.7 Å². The van der Waals surface area contributed by atoms with Gasteiger partial charge in [-0.2, -0.15) is 0 Å². The summed E-state index contributed by atoms with van der Waals surface area (Å²) in [6, 6.07) is 13.6. The SMILES string of the molecule is COc1ccc(C(=O)Nc2ccc(N3CCCN(C(=O)c4ccc(Cl)cc4Cl)CC3)nc2)c(OC)c1. The third-order valence-corrected chi connectivity index (χ3v) is 6.48. The zero-order valence-electron chi connectivity index (χ0n) is 20.0. The Bertz CT molecular complexity index is 1250. The molecule has 0 saturated carbocycles. The van der Waals surface area contributed by atoms with Gasteiger partial charge in [-0.15, -0.1) is 0 Å². The Labute approximate surface area is 219 Å². The van der Waals surface area contributed by atoms with Crippen molar-refractivity contribution >= 4 is 46.5 Å². The third-order valence-electron chi connectivity index (χ3n) is 5.93. The zero-order valence-corrected chi connectivity index (χ0v) is 21.5. The van der Waals surface area contributed by atoms with Crippen LogP contribution in [-0.2, 0) is 0 Å². The van der Waals surface area contributed by atoms with Crippen LogP contribution in [0, 0.1) is 0 Å². The summed E-state index contributed by atoms with van der Waals surface area (Å²) in [5, 5.41) is 3.69. The van der Waals surface area contributed by atoms with E-state index in [1.54, 1.807) is 60.7 Å². The molecule has 1 aromatic heterocycles. The summed E-state index contributed by atoms with van der Waals surface area (Å²) in [5.74, 6) is 1.37. The summed E-state index contributed by atoms with van der Waals surface area (Å²) >= 11 is 12.2. The van der Waals surface area contributed by atoms with Gasteiger partial charge >= 0.3 is 0 Å². The summed E-state index contributed by atoms with van der Waals surface area (Å²) in [7, 11) is 3.05. The zero-order chi connectivity index (χ0) is 25.7. The van der Waals surface area contributed by atoms with Crippen LogP contribution in [0.1, 0.15) is 27.1 Å². The molecular weight excluding hydrogens is 503 g/mol. The van der Waals surface area contributed by atoms with E-state index in [1.165, 1.54) is 7.11 Å². The maximum atomic E-state index is 13.0. The molecule has 1 aliphatic heterocycles. The summed E-state index contributed by atoms with van der Waals surface area (Å²) < 4.78 is 10.5. The maximum absolute atomic E-state index is 13.0. The molecule has 188 valence electrons.